The Labute approximate surface area is 312 Å². The zero-order valence-electron chi connectivity index (χ0n) is 30.3. The van der Waals surface area contributed by atoms with E-state index in [-0.39, 0.29) is 12.6 Å². The lowest BCUT2D eigenvalue weighted by Crippen LogP contribution is -2.35. The van der Waals surface area contributed by atoms with Crippen molar-refractivity contribution in [3.05, 3.63) is 131 Å². The van der Waals surface area contributed by atoms with Crippen LogP contribution in [0.5, 0.6) is 0 Å². The second-order valence-electron chi connectivity index (χ2n) is 13.6. The van der Waals surface area contributed by atoms with Crippen LogP contribution in [-0.4, -0.2) is 63.9 Å². The van der Waals surface area contributed by atoms with Crippen molar-refractivity contribution in [3.8, 4) is 0 Å². The van der Waals surface area contributed by atoms with Crippen LogP contribution in [0.3, 0.4) is 0 Å². The largest absolute Gasteiger partial charge is 0.443 e. The minimum absolute atomic E-state index is 0.0316. The summed E-state index contributed by atoms with van der Waals surface area (Å²) < 4.78 is 11.2. The number of aromatic nitrogens is 5. The van der Waals surface area contributed by atoms with E-state index in [4.69, 9.17) is 9.26 Å². The number of H-pyrrole nitrogens is 2. The van der Waals surface area contributed by atoms with Gasteiger partial charge in [0.05, 0.1) is 37.1 Å². The molecule has 54 heavy (non-hydrogen) atoms. The molecule has 2 aliphatic rings. The molecule has 0 spiro atoms. The zero-order chi connectivity index (χ0) is 37.0. The van der Waals surface area contributed by atoms with E-state index < -0.39 is 6.09 Å². The van der Waals surface area contributed by atoms with E-state index in [2.05, 4.69) is 58.4 Å². The first kappa shape index (κ1) is 34.5. The quantitative estimate of drug-likeness (QED) is 0.126. The zero-order valence-corrected chi connectivity index (χ0v) is 30.3. The maximum atomic E-state index is 13.6. The minimum Gasteiger partial charge on any atom is -0.443 e. The van der Waals surface area contributed by atoms with Gasteiger partial charge in [0.25, 0.3) is 0 Å². The van der Waals surface area contributed by atoms with Gasteiger partial charge in [-0.05, 0) is 72.9 Å². The van der Waals surface area contributed by atoms with E-state index in [1.807, 2.05) is 61.8 Å². The van der Waals surface area contributed by atoms with E-state index in [0.29, 0.717) is 30.1 Å². The predicted molar refractivity (Wildman–Crippen MR) is 206 cm³/mol. The number of anilines is 5. The number of benzene rings is 3. The van der Waals surface area contributed by atoms with Crippen molar-refractivity contribution in [2.75, 3.05) is 51.6 Å². The Morgan fingerprint density at radius 1 is 0.870 bits per heavy atom. The Hall–Kier alpha value is -6.57. The third-order valence-electron chi connectivity index (χ3n) is 10.00. The summed E-state index contributed by atoms with van der Waals surface area (Å²) in [5.74, 6) is 0.613. The van der Waals surface area contributed by atoms with E-state index >= 15 is 0 Å². The maximum absolute atomic E-state index is 13.6. The third-order valence-corrected chi connectivity index (χ3v) is 10.00. The standard InChI is InChI=1S/C40H42N10O4/c1-3-50(35-10-8-29-12-14-49(38(29)19-35)23-33-21-42-26-44-33)39(51)45-30-6-4-5-27(15-30)16-36-17-31(46-54-36)24-53-40(52)47(2)34-9-7-28-11-13-48(37(28)18-34)22-32-20-41-25-43-32/h4-10,15,17-21,25-26H,3,11-14,16,22-24H2,1-2H3,(H,41,43)(H,42,44)(H,45,51). The Bertz CT molecular complexity index is 2230. The number of imidazole rings is 2. The Balaban J connectivity index is 0.854. The van der Waals surface area contributed by atoms with Crippen LogP contribution in [0.1, 0.15) is 46.5 Å². The van der Waals surface area contributed by atoms with Crippen molar-refractivity contribution < 1.29 is 18.8 Å². The number of hydrogen-bond donors (Lipinski definition) is 3. The van der Waals surface area contributed by atoms with Crippen molar-refractivity contribution >= 4 is 40.6 Å². The first-order valence-electron chi connectivity index (χ1n) is 18.1. The number of ether oxygens (including phenoxy) is 1. The molecule has 14 heteroatoms. The predicted octanol–water partition coefficient (Wildman–Crippen LogP) is 6.67. The highest BCUT2D eigenvalue weighted by Gasteiger charge is 2.24. The van der Waals surface area contributed by atoms with Gasteiger partial charge < -0.3 is 34.3 Å². The smallest absolute Gasteiger partial charge is 0.414 e. The highest BCUT2D eigenvalue weighted by molar-refractivity contribution is 6.02. The third kappa shape index (κ3) is 7.49. The minimum atomic E-state index is -0.492. The van der Waals surface area contributed by atoms with Gasteiger partial charge in [-0.1, -0.05) is 29.4 Å². The lowest BCUT2D eigenvalue weighted by Gasteiger charge is -2.24. The molecule has 0 unspecified atom stereocenters. The van der Waals surface area contributed by atoms with Crippen molar-refractivity contribution in [2.45, 2.75) is 45.9 Å². The van der Waals surface area contributed by atoms with Crippen LogP contribution in [0.15, 0.2) is 96.3 Å². The fraction of sp³-hybridized carbons (Fsp3) is 0.275. The van der Waals surface area contributed by atoms with E-state index in [1.54, 1.807) is 30.7 Å². The first-order chi connectivity index (χ1) is 26.4. The molecule has 0 fully saturated rings. The van der Waals surface area contributed by atoms with Gasteiger partial charge in [-0.2, -0.15) is 0 Å². The summed E-state index contributed by atoms with van der Waals surface area (Å²) >= 11 is 0. The second kappa shape index (κ2) is 15.2. The number of hydrogen-bond acceptors (Lipinski definition) is 9. The molecule has 14 nitrogen and oxygen atoms in total. The summed E-state index contributed by atoms with van der Waals surface area (Å²) in [5.41, 5.74) is 10.5. The molecule has 3 amide bonds. The van der Waals surface area contributed by atoms with Gasteiger partial charge >= 0.3 is 12.1 Å². The fourth-order valence-electron chi connectivity index (χ4n) is 7.17. The summed E-state index contributed by atoms with van der Waals surface area (Å²) in [5, 5.41) is 7.19. The molecule has 3 aromatic carbocycles. The number of nitrogens with zero attached hydrogens (tertiary/aromatic N) is 7. The Morgan fingerprint density at radius 3 is 2.19 bits per heavy atom. The summed E-state index contributed by atoms with van der Waals surface area (Å²) in [6.07, 6.45) is 8.91. The summed E-state index contributed by atoms with van der Waals surface area (Å²) in [6.45, 7) is 5.72. The highest BCUT2D eigenvalue weighted by Crippen LogP contribution is 2.34. The highest BCUT2D eigenvalue weighted by atomic mass is 16.6. The lowest BCUT2D eigenvalue weighted by molar-refractivity contribution is 0.145. The molecule has 0 radical (unpaired) electrons. The molecular formula is C40H42N10O4. The molecule has 2 aliphatic heterocycles. The van der Waals surface area contributed by atoms with Gasteiger partial charge in [-0.3, -0.25) is 9.80 Å². The Morgan fingerprint density at radius 2 is 1.54 bits per heavy atom. The van der Waals surface area contributed by atoms with Gasteiger partial charge in [0.15, 0.2) is 0 Å². The molecule has 0 saturated carbocycles. The fourth-order valence-corrected chi connectivity index (χ4v) is 7.17. The molecule has 0 bridgehead atoms. The molecule has 5 heterocycles. The first-order valence-corrected chi connectivity index (χ1v) is 18.1. The van der Waals surface area contributed by atoms with Gasteiger partial charge in [0, 0.05) is 80.0 Å². The van der Waals surface area contributed by atoms with Crippen LogP contribution in [0, 0.1) is 0 Å². The SMILES string of the molecule is CCN(C(=O)Nc1cccc(Cc2cc(COC(=O)N(C)c3ccc4c(c3)N(Cc3cnc[nH]3)CC4)no2)c1)c1ccc2c(c1)N(Cc1cnc[nH]1)CC2. The summed E-state index contributed by atoms with van der Waals surface area (Å²) in [4.78, 5) is 49.0. The van der Waals surface area contributed by atoms with Gasteiger partial charge in [0.2, 0.25) is 0 Å². The lowest BCUT2D eigenvalue weighted by atomic mass is 10.1. The number of fused-ring (bicyclic) bond motifs is 2. The average molecular weight is 727 g/mol. The van der Waals surface area contributed by atoms with Crippen LogP contribution in [0.25, 0.3) is 0 Å². The van der Waals surface area contributed by atoms with Gasteiger partial charge in [0.1, 0.15) is 18.1 Å². The van der Waals surface area contributed by atoms with Crippen molar-refractivity contribution in [1.29, 1.82) is 0 Å². The van der Waals surface area contributed by atoms with Crippen molar-refractivity contribution in [3.63, 3.8) is 0 Å². The maximum Gasteiger partial charge on any atom is 0.414 e. The second-order valence-corrected chi connectivity index (χ2v) is 13.6. The molecule has 6 aromatic rings. The van der Waals surface area contributed by atoms with Gasteiger partial charge in [-0.25, -0.2) is 19.6 Å². The van der Waals surface area contributed by atoms with Crippen LogP contribution >= 0.6 is 0 Å². The number of rotatable bonds is 12. The van der Waals surface area contributed by atoms with Crippen LogP contribution < -0.4 is 24.9 Å². The van der Waals surface area contributed by atoms with E-state index in [0.717, 1.165) is 78.7 Å². The number of urea groups is 1. The molecule has 276 valence electrons. The topological polar surface area (TPSA) is 152 Å². The summed E-state index contributed by atoms with van der Waals surface area (Å²) in [7, 11) is 1.70. The number of nitrogens with one attached hydrogen (secondary N) is 3. The number of carbonyl (C=O) groups is 2. The monoisotopic (exact) mass is 726 g/mol. The number of aromatic amines is 2. The van der Waals surface area contributed by atoms with Crippen LogP contribution in [0.2, 0.25) is 0 Å². The molecule has 8 rings (SSSR count). The molecule has 0 aliphatic carbocycles. The van der Waals surface area contributed by atoms with E-state index in [1.165, 1.54) is 16.0 Å². The summed E-state index contributed by atoms with van der Waals surface area (Å²) in [6, 6.07) is 21.5. The molecule has 0 atom stereocenters. The Kier molecular flexibility index (Phi) is 9.71. The van der Waals surface area contributed by atoms with Crippen molar-refractivity contribution in [1.82, 2.24) is 25.1 Å². The van der Waals surface area contributed by atoms with Gasteiger partial charge in [-0.15, -0.1) is 0 Å². The molecule has 3 N–H and O–H groups in total. The number of carbonyl (C=O) groups excluding carboxylic acids is 2. The normalized spacial score (nSPS) is 13.1. The van der Waals surface area contributed by atoms with Crippen molar-refractivity contribution in [2.24, 2.45) is 0 Å². The van der Waals surface area contributed by atoms with Crippen LogP contribution in [0.4, 0.5) is 38.0 Å². The number of amides is 3. The molecule has 3 aromatic heterocycles. The molecule has 0 saturated heterocycles. The van der Waals surface area contributed by atoms with Crippen LogP contribution in [-0.2, 0) is 43.7 Å². The average Bonchev–Trinajstić information content (AvgIpc) is 4.04. The van der Waals surface area contributed by atoms with E-state index in [9.17, 15) is 9.59 Å². The molecular weight excluding hydrogens is 685 g/mol.